The normalized spacial score (nSPS) is 13.6. The highest BCUT2D eigenvalue weighted by molar-refractivity contribution is 6.01. The molecule has 0 radical (unpaired) electrons. The van der Waals surface area contributed by atoms with Crippen LogP contribution in [0.4, 0.5) is 0 Å². The van der Waals surface area contributed by atoms with Crippen molar-refractivity contribution in [3.63, 3.8) is 0 Å². The second kappa shape index (κ2) is 7.59. The van der Waals surface area contributed by atoms with Crippen molar-refractivity contribution in [2.24, 2.45) is 0 Å². The van der Waals surface area contributed by atoms with Gasteiger partial charge in [-0.2, -0.15) is 0 Å². The molecule has 5 nitrogen and oxygen atoms in total. The molecule has 1 amide bonds. The molecule has 0 aliphatic carbocycles. The van der Waals surface area contributed by atoms with Gasteiger partial charge in [0.25, 0.3) is 0 Å². The first-order chi connectivity index (χ1) is 9.82. The molecule has 0 saturated heterocycles. The zero-order chi connectivity index (χ0) is 16.0. The van der Waals surface area contributed by atoms with E-state index in [1.807, 2.05) is 49.3 Å². The molecule has 114 valence electrons. The third-order valence-electron chi connectivity index (χ3n) is 3.28. The summed E-state index contributed by atoms with van der Waals surface area (Å²) >= 11 is 0. The molecule has 0 bridgehead atoms. The van der Waals surface area contributed by atoms with Crippen molar-refractivity contribution in [1.29, 1.82) is 0 Å². The molecule has 0 aromatic heterocycles. The van der Waals surface area contributed by atoms with Crippen LogP contribution in [0.25, 0.3) is 0 Å². The van der Waals surface area contributed by atoms with Crippen LogP contribution in [0.1, 0.15) is 25.5 Å². The fraction of sp³-hybridized carbons (Fsp3) is 0.375. The number of hydrogen-bond acceptors (Lipinski definition) is 3. The van der Waals surface area contributed by atoms with Crippen molar-refractivity contribution < 1.29 is 14.7 Å². The third-order valence-corrected chi connectivity index (χ3v) is 3.28. The van der Waals surface area contributed by atoms with Crippen molar-refractivity contribution in [2.75, 3.05) is 20.6 Å². The van der Waals surface area contributed by atoms with Crippen LogP contribution in [0.15, 0.2) is 41.5 Å². The van der Waals surface area contributed by atoms with Crippen LogP contribution in [-0.2, 0) is 9.59 Å². The molecule has 21 heavy (non-hydrogen) atoms. The Kier molecular flexibility index (Phi) is 6.11. The Morgan fingerprint density at radius 3 is 2.19 bits per heavy atom. The summed E-state index contributed by atoms with van der Waals surface area (Å²) in [4.78, 5) is 25.1. The van der Waals surface area contributed by atoms with E-state index in [0.717, 1.165) is 5.56 Å². The molecule has 0 saturated carbocycles. The molecule has 2 N–H and O–H groups in total. The first-order valence-corrected chi connectivity index (χ1v) is 6.74. The number of rotatable bonds is 6. The first-order valence-electron chi connectivity index (χ1n) is 6.74. The van der Waals surface area contributed by atoms with Gasteiger partial charge in [0.2, 0.25) is 5.91 Å². The lowest BCUT2D eigenvalue weighted by atomic mass is 10.0. The number of benzene rings is 1. The van der Waals surface area contributed by atoms with E-state index in [1.54, 1.807) is 0 Å². The summed E-state index contributed by atoms with van der Waals surface area (Å²) in [6, 6.07) is 9.43. The Labute approximate surface area is 125 Å². The van der Waals surface area contributed by atoms with Gasteiger partial charge in [-0.1, -0.05) is 30.3 Å². The molecule has 0 spiro atoms. The summed E-state index contributed by atoms with van der Waals surface area (Å²) in [6.07, 6.45) is 0. The van der Waals surface area contributed by atoms with Gasteiger partial charge in [0.15, 0.2) is 0 Å². The highest BCUT2D eigenvalue weighted by atomic mass is 16.4. The van der Waals surface area contributed by atoms with Crippen LogP contribution in [0.5, 0.6) is 0 Å². The quantitative estimate of drug-likeness (QED) is 0.784. The van der Waals surface area contributed by atoms with E-state index in [1.165, 1.54) is 13.8 Å². The number of carbonyl (C=O) groups excluding carboxylic acids is 1. The van der Waals surface area contributed by atoms with Crippen molar-refractivity contribution in [3.05, 3.63) is 47.0 Å². The average Bonchev–Trinajstić information content (AvgIpc) is 2.45. The number of hydrogen-bond donors (Lipinski definition) is 2. The minimum absolute atomic E-state index is 0.0594. The van der Waals surface area contributed by atoms with E-state index in [0.29, 0.717) is 6.54 Å². The predicted molar refractivity (Wildman–Crippen MR) is 81.9 cm³/mol. The highest BCUT2D eigenvalue weighted by Gasteiger charge is 2.18. The fourth-order valence-electron chi connectivity index (χ4n) is 1.88. The molecule has 0 heterocycles. The van der Waals surface area contributed by atoms with E-state index in [-0.39, 0.29) is 23.1 Å². The van der Waals surface area contributed by atoms with Gasteiger partial charge in [-0.05, 0) is 33.5 Å². The van der Waals surface area contributed by atoms with Gasteiger partial charge >= 0.3 is 5.97 Å². The maximum atomic E-state index is 12.2. The number of aliphatic carboxylic acids is 1. The molecule has 0 aliphatic rings. The number of likely N-dealkylation sites (N-methyl/N-ethyl adjacent to an activating group) is 1. The molecule has 1 atom stereocenters. The van der Waals surface area contributed by atoms with E-state index in [2.05, 4.69) is 5.32 Å². The second-order valence-corrected chi connectivity index (χ2v) is 5.25. The minimum Gasteiger partial charge on any atom is -0.478 e. The van der Waals surface area contributed by atoms with Crippen molar-refractivity contribution >= 4 is 11.9 Å². The lowest BCUT2D eigenvalue weighted by Crippen LogP contribution is -2.36. The highest BCUT2D eigenvalue weighted by Crippen LogP contribution is 2.15. The molecule has 1 unspecified atom stereocenters. The van der Waals surface area contributed by atoms with Crippen molar-refractivity contribution in [2.45, 2.75) is 19.9 Å². The van der Waals surface area contributed by atoms with Gasteiger partial charge < -0.3 is 15.3 Å². The number of carboxylic acid groups (broad SMARTS) is 1. The third kappa shape index (κ3) is 5.04. The van der Waals surface area contributed by atoms with Gasteiger partial charge in [-0.15, -0.1) is 0 Å². The van der Waals surface area contributed by atoms with Crippen LogP contribution in [0.2, 0.25) is 0 Å². The smallest absolute Gasteiger partial charge is 0.331 e. The molecule has 0 aliphatic heterocycles. The molecule has 5 heteroatoms. The number of nitrogens with one attached hydrogen (secondary N) is 1. The summed E-state index contributed by atoms with van der Waals surface area (Å²) in [5, 5.41) is 11.9. The van der Waals surface area contributed by atoms with E-state index >= 15 is 0 Å². The second-order valence-electron chi connectivity index (χ2n) is 5.25. The van der Waals surface area contributed by atoms with Crippen LogP contribution < -0.4 is 5.32 Å². The minimum atomic E-state index is -1.08. The monoisotopic (exact) mass is 290 g/mol. The van der Waals surface area contributed by atoms with Gasteiger partial charge in [-0.25, -0.2) is 4.79 Å². The van der Waals surface area contributed by atoms with E-state index in [4.69, 9.17) is 5.11 Å². The summed E-state index contributed by atoms with van der Waals surface area (Å²) in [5.41, 5.74) is 1.27. The van der Waals surface area contributed by atoms with Crippen LogP contribution >= 0.6 is 0 Å². The zero-order valence-corrected chi connectivity index (χ0v) is 12.9. The largest absolute Gasteiger partial charge is 0.478 e. The van der Waals surface area contributed by atoms with Gasteiger partial charge in [0, 0.05) is 17.7 Å². The van der Waals surface area contributed by atoms with E-state index in [9.17, 15) is 9.59 Å². The zero-order valence-electron chi connectivity index (χ0n) is 12.9. The molecule has 0 fully saturated rings. The number of carbonyl (C=O) groups is 2. The SMILES string of the molecule is CC(C(=O)O)=C(C)C(=O)NC(CN(C)C)c1ccccc1. The summed E-state index contributed by atoms with van der Waals surface area (Å²) in [5.74, 6) is -1.43. The number of carboxylic acids is 1. The van der Waals surface area contributed by atoms with Gasteiger partial charge in [0.05, 0.1) is 6.04 Å². The predicted octanol–water partition coefficient (Wildman–Crippen LogP) is 1.83. The summed E-state index contributed by atoms with van der Waals surface area (Å²) < 4.78 is 0. The van der Waals surface area contributed by atoms with Gasteiger partial charge in [-0.3, -0.25) is 4.79 Å². The van der Waals surface area contributed by atoms with E-state index < -0.39 is 5.97 Å². The van der Waals surface area contributed by atoms with Crippen molar-refractivity contribution in [1.82, 2.24) is 10.2 Å². The lowest BCUT2D eigenvalue weighted by Gasteiger charge is -2.23. The molecule has 1 rings (SSSR count). The number of amides is 1. The van der Waals surface area contributed by atoms with Crippen LogP contribution in [0, 0.1) is 0 Å². The topological polar surface area (TPSA) is 69.6 Å². The molecular weight excluding hydrogens is 268 g/mol. The summed E-state index contributed by atoms with van der Waals surface area (Å²) in [7, 11) is 3.85. The van der Waals surface area contributed by atoms with Crippen LogP contribution in [-0.4, -0.2) is 42.5 Å². The lowest BCUT2D eigenvalue weighted by molar-refractivity contribution is -0.133. The Bertz CT molecular complexity index is 536. The summed E-state index contributed by atoms with van der Waals surface area (Å²) in [6.45, 7) is 3.59. The maximum Gasteiger partial charge on any atom is 0.331 e. The molecule has 1 aromatic carbocycles. The number of nitrogens with zero attached hydrogens (tertiary/aromatic N) is 1. The van der Waals surface area contributed by atoms with Crippen molar-refractivity contribution in [3.8, 4) is 0 Å². The van der Waals surface area contributed by atoms with Crippen LogP contribution in [0.3, 0.4) is 0 Å². The first kappa shape index (κ1) is 16.9. The maximum absolute atomic E-state index is 12.2. The standard InChI is InChI=1S/C16H22N2O3/c1-11(12(2)16(20)21)15(19)17-14(10-18(3)4)13-8-6-5-7-9-13/h5-9,14H,10H2,1-4H3,(H,17,19)(H,20,21). The fourth-order valence-corrected chi connectivity index (χ4v) is 1.88. The Morgan fingerprint density at radius 1 is 1.14 bits per heavy atom. The average molecular weight is 290 g/mol. The Hall–Kier alpha value is -2.14. The van der Waals surface area contributed by atoms with Gasteiger partial charge in [0.1, 0.15) is 0 Å². The molecular formula is C16H22N2O3. The molecule has 1 aromatic rings. The Balaban J connectivity index is 2.95. The Morgan fingerprint density at radius 2 is 1.71 bits per heavy atom.